The maximum absolute atomic E-state index is 14.2. The van der Waals surface area contributed by atoms with E-state index in [4.69, 9.17) is 55.7 Å². The van der Waals surface area contributed by atoms with E-state index in [9.17, 15) is 37.1 Å². The second kappa shape index (κ2) is 41.6. The van der Waals surface area contributed by atoms with Crippen molar-refractivity contribution in [3.05, 3.63) is 302 Å². The van der Waals surface area contributed by atoms with Crippen molar-refractivity contribution < 1.29 is 81.3 Å². The second-order valence-corrected chi connectivity index (χ2v) is 42.9. The molecule has 4 N–H and O–H groups in total. The van der Waals surface area contributed by atoms with Crippen LogP contribution in [-0.4, -0.2) is 105 Å². The Morgan fingerprint density at radius 1 is 0.302 bits per heavy atom. The van der Waals surface area contributed by atoms with Crippen LogP contribution in [0.1, 0.15) is 373 Å². The Kier molecular flexibility index (Phi) is 31.6. The lowest BCUT2D eigenvalue weighted by molar-refractivity contribution is 0.0523. The van der Waals surface area contributed by atoms with Gasteiger partial charge in [0.1, 0.15) is 46.0 Å². The van der Waals surface area contributed by atoms with Gasteiger partial charge in [0.05, 0.1) is 90.1 Å². The van der Waals surface area contributed by atoms with E-state index >= 15 is 0 Å². The van der Waals surface area contributed by atoms with E-state index in [-0.39, 0.29) is 87.8 Å². The molecule has 10 aromatic rings. The Morgan fingerprint density at radius 3 is 0.899 bits per heavy atom. The standard InChI is InChI=1S/C24H24F2O3.C24H25FO3.C24H28N2O3.C23H23ClO2.C22H24N2O3/c1-23(2)8-9-24(3,4)17-13-20(29-5)15(12-16(17)23)7-6-14-10-18(25)21(22(27)28)19(26)11-14;1-23(2)10-11-24(3,4)19-14-21(28-5)16(12-18(19)23)8-6-15-7-9-17(22(26)27)13-20(15)25;1-7-29-22(27)17-14-25-21(26-15-17)9-8-16-12-18-19(13-20(16)28-6)24(4,5)11-10-23(18,2)3;1-22(2)11-12-23(3,4)19-13-15(6-10-18(19)22)5-7-16-8-9-17(21(25)26)14-20(16)24;1-21(2)8-9-22(3,4)17-11-18(27-5)14(10-16(17)21)6-7-19-23-12-15(13-24-19)20(25)26/h10-13H,8-9H2,1-5H3,(H,27,28);7,9,12-14H,10-11H2,1-5H3,(H,26,27);12-15H,7,10-11H2,1-6H3;6,8-10,13-14H,11-12H2,1-4H3,(H,25,26);10-13H,8-9H2,1-5H3,(H,25,26). The molecule has 0 aliphatic heterocycles. The molecule has 0 amide bonds. The van der Waals surface area contributed by atoms with Crippen molar-refractivity contribution in [1.82, 2.24) is 19.9 Å². The largest absolute Gasteiger partial charge is 0.495 e. The highest BCUT2D eigenvalue weighted by molar-refractivity contribution is 6.32. The van der Waals surface area contributed by atoms with E-state index < -0.39 is 52.9 Å². The van der Waals surface area contributed by atoms with E-state index in [0.29, 0.717) is 51.2 Å². The first kappa shape index (κ1) is 106. The van der Waals surface area contributed by atoms with Crippen molar-refractivity contribution in [3.63, 3.8) is 0 Å². The Hall–Kier alpha value is -13.7. The number of aromatic nitrogens is 4. The zero-order valence-electron chi connectivity index (χ0n) is 84.2. The van der Waals surface area contributed by atoms with Crippen LogP contribution in [0.15, 0.2) is 140 Å². The summed E-state index contributed by atoms with van der Waals surface area (Å²) in [7, 11) is 6.48. The molecule has 724 valence electrons. The van der Waals surface area contributed by atoms with Crippen molar-refractivity contribution >= 4 is 41.4 Å². The summed E-state index contributed by atoms with van der Waals surface area (Å²) >= 11 is 6.17. The first-order valence-electron chi connectivity index (χ1n) is 46.4. The van der Waals surface area contributed by atoms with Crippen LogP contribution < -0.4 is 18.9 Å². The van der Waals surface area contributed by atoms with Gasteiger partial charge in [0.15, 0.2) is 0 Å². The number of hydrogen-bond acceptors (Lipinski definition) is 14. The summed E-state index contributed by atoms with van der Waals surface area (Å²) in [6.45, 7) is 47.2. The minimum Gasteiger partial charge on any atom is -0.495 e. The molecule has 2 heterocycles. The number of rotatable bonds is 10. The number of ether oxygens (including phenoxy) is 5. The number of hydrogen-bond donors (Lipinski definition) is 4. The van der Waals surface area contributed by atoms with Crippen LogP contribution in [-0.2, 0) is 58.9 Å². The summed E-state index contributed by atoms with van der Waals surface area (Å²) in [5.74, 6) is 25.1. The molecule has 0 unspecified atom stereocenters. The summed E-state index contributed by atoms with van der Waals surface area (Å²) in [6.07, 6.45) is 16.5. The lowest BCUT2D eigenvalue weighted by atomic mass is 9.63. The Labute approximate surface area is 820 Å². The summed E-state index contributed by atoms with van der Waals surface area (Å²) in [6, 6.07) is 33.3. The third kappa shape index (κ3) is 24.4. The van der Waals surface area contributed by atoms with Crippen LogP contribution in [0, 0.1) is 76.7 Å². The van der Waals surface area contributed by atoms with Crippen LogP contribution in [0.2, 0.25) is 5.02 Å². The van der Waals surface area contributed by atoms with Gasteiger partial charge in [-0.1, -0.05) is 204 Å². The molecule has 139 heavy (non-hydrogen) atoms. The van der Waals surface area contributed by atoms with Gasteiger partial charge in [-0.3, -0.25) is 0 Å². The molecule has 2 aromatic heterocycles. The number of carbonyl (C=O) groups is 5. The van der Waals surface area contributed by atoms with Crippen molar-refractivity contribution in [2.75, 3.05) is 35.0 Å². The fourth-order valence-electron chi connectivity index (χ4n) is 18.3. The molecule has 22 heteroatoms. The summed E-state index contributed by atoms with van der Waals surface area (Å²) in [5, 5.41) is 36.1. The van der Waals surface area contributed by atoms with Gasteiger partial charge in [-0.25, -0.2) is 57.1 Å². The average Bonchev–Trinajstić information content (AvgIpc) is 0.789. The number of methoxy groups -OCH3 is 4. The highest BCUT2D eigenvalue weighted by atomic mass is 35.5. The van der Waals surface area contributed by atoms with Gasteiger partial charge in [-0.2, -0.15) is 0 Å². The third-order valence-corrected chi connectivity index (χ3v) is 28.2. The van der Waals surface area contributed by atoms with Crippen LogP contribution in [0.3, 0.4) is 0 Å². The molecular formula is C117H124ClF3N4O14. The lowest BCUT2D eigenvalue weighted by Crippen LogP contribution is -2.34. The summed E-state index contributed by atoms with van der Waals surface area (Å²) in [5.41, 5.74) is 17.9. The second-order valence-electron chi connectivity index (χ2n) is 42.5. The van der Waals surface area contributed by atoms with Gasteiger partial charge in [0.25, 0.3) is 0 Å². The number of nitrogens with zero attached hydrogens (tertiary/aromatic N) is 4. The molecule has 15 rings (SSSR count). The number of halogens is 4. The van der Waals surface area contributed by atoms with E-state index in [1.54, 1.807) is 41.4 Å². The maximum atomic E-state index is 14.2. The Morgan fingerprint density at radius 2 is 0.583 bits per heavy atom. The molecule has 0 saturated heterocycles. The fraction of sp³-hybridized carbons (Fsp3) is 0.393. The normalized spacial score (nSPS) is 16.5. The fourth-order valence-corrected chi connectivity index (χ4v) is 18.6. The highest BCUT2D eigenvalue weighted by Gasteiger charge is 2.43. The van der Waals surface area contributed by atoms with Crippen molar-refractivity contribution in [2.45, 2.75) is 264 Å². The molecule has 0 radical (unpaired) electrons. The molecule has 0 saturated carbocycles. The predicted molar refractivity (Wildman–Crippen MR) is 537 cm³/mol. The van der Waals surface area contributed by atoms with Gasteiger partial charge in [0.2, 0.25) is 11.6 Å². The number of esters is 1. The molecule has 5 aliphatic carbocycles. The molecule has 18 nitrogen and oxygen atoms in total. The molecular weight excluding hydrogens is 1780 g/mol. The quantitative estimate of drug-likeness (QED) is 0.0732. The first-order valence-corrected chi connectivity index (χ1v) is 46.8. The van der Waals surface area contributed by atoms with Gasteiger partial charge in [-0.15, -0.1) is 0 Å². The minimum absolute atomic E-state index is 0.0169. The molecule has 0 fully saturated rings. The molecule has 8 aromatic carbocycles. The van der Waals surface area contributed by atoms with Crippen molar-refractivity contribution in [2.24, 2.45) is 0 Å². The number of carboxylic acid groups (broad SMARTS) is 4. The molecule has 0 bridgehead atoms. The van der Waals surface area contributed by atoms with Gasteiger partial charge >= 0.3 is 29.8 Å². The topological polar surface area (TPSA) is 264 Å². The molecule has 0 spiro atoms. The Bertz CT molecular complexity index is 6810. The number of benzene rings is 8. The number of aromatic carboxylic acids is 4. The number of carbonyl (C=O) groups excluding carboxylic acids is 1. The van der Waals surface area contributed by atoms with E-state index in [1.807, 2.05) is 12.1 Å². The van der Waals surface area contributed by atoms with Crippen LogP contribution in [0.25, 0.3) is 0 Å². The monoisotopic (exact) mass is 1900 g/mol. The van der Waals surface area contributed by atoms with E-state index in [1.165, 1.54) is 111 Å². The van der Waals surface area contributed by atoms with Crippen molar-refractivity contribution in [3.8, 4) is 82.2 Å². The van der Waals surface area contributed by atoms with Crippen LogP contribution >= 0.6 is 11.6 Å². The Balaban J connectivity index is 0.000000166. The van der Waals surface area contributed by atoms with E-state index in [0.717, 1.165) is 104 Å². The smallest absolute Gasteiger partial charge is 0.341 e. The van der Waals surface area contributed by atoms with Gasteiger partial charge < -0.3 is 44.1 Å². The van der Waals surface area contributed by atoms with Crippen molar-refractivity contribution in [1.29, 1.82) is 0 Å². The van der Waals surface area contributed by atoms with Gasteiger partial charge in [0, 0.05) is 41.5 Å². The SMILES string of the molecule is CC1(C)CCC(C)(C)c2cc(C#Cc3ccc(C(=O)O)cc3Cl)ccc21.CCOC(=O)c1cnc(C#Cc2cc3c(cc2OC)C(C)(C)CCC3(C)C)nc1.COc1cc2c(cc1C#Cc1cc(F)c(C(=O)O)c(F)c1)C(C)(C)CCC2(C)C.COc1cc2c(cc1C#Cc1ccc(C(=O)O)cc1F)C(C)(C)CCC2(C)C.COc1cc2c(cc1C#Cc1ncc(C(=O)O)cn1)C(C)(C)CCC2(C)C. The zero-order chi connectivity index (χ0) is 102. The van der Waals surface area contributed by atoms with E-state index in [2.05, 4.69) is 272 Å². The summed E-state index contributed by atoms with van der Waals surface area (Å²) < 4.78 is 69.3. The van der Waals surface area contributed by atoms with Crippen LogP contribution in [0.4, 0.5) is 13.2 Å². The predicted octanol–water partition coefficient (Wildman–Crippen LogP) is 24.8. The zero-order valence-corrected chi connectivity index (χ0v) is 85.0. The maximum Gasteiger partial charge on any atom is 0.341 e. The minimum atomic E-state index is -1.65. The number of fused-ring (bicyclic) bond motifs is 5. The number of carboxylic acids is 4. The lowest BCUT2D eigenvalue weighted by Gasteiger charge is -2.42. The third-order valence-electron chi connectivity index (χ3n) is 27.9. The average molecular weight is 1900 g/mol. The first-order chi connectivity index (χ1) is 64.9. The highest BCUT2D eigenvalue weighted by Crippen LogP contribution is 2.53. The molecule has 5 aliphatic rings. The molecule has 0 atom stereocenters. The summed E-state index contributed by atoms with van der Waals surface area (Å²) in [4.78, 5) is 71.8. The van der Waals surface area contributed by atoms with Crippen LogP contribution in [0.5, 0.6) is 23.0 Å². The van der Waals surface area contributed by atoms with Gasteiger partial charge in [-0.05, 0) is 302 Å².